The van der Waals surface area contributed by atoms with Gasteiger partial charge in [0, 0.05) is 18.6 Å². The van der Waals surface area contributed by atoms with E-state index in [1.54, 1.807) is 24.3 Å². The van der Waals surface area contributed by atoms with E-state index in [1.165, 1.54) is 7.11 Å². The average molecular weight is 591 g/mol. The molecule has 1 aliphatic carbocycles. The van der Waals surface area contributed by atoms with E-state index < -0.39 is 91.7 Å². The molecule has 2 heterocycles. The van der Waals surface area contributed by atoms with Crippen molar-refractivity contribution in [1.29, 1.82) is 0 Å². The van der Waals surface area contributed by atoms with E-state index in [0.717, 1.165) is 0 Å². The number of rotatable bonds is 9. The van der Waals surface area contributed by atoms with Crippen LogP contribution in [0.5, 0.6) is 11.5 Å². The van der Waals surface area contributed by atoms with Crippen LogP contribution in [0.3, 0.4) is 0 Å². The third-order valence-electron chi connectivity index (χ3n) is 7.78. The van der Waals surface area contributed by atoms with E-state index in [9.17, 15) is 30.6 Å². The molecule has 41 heavy (non-hydrogen) atoms. The summed E-state index contributed by atoms with van der Waals surface area (Å²) in [4.78, 5) is 0. The molecule has 4 rings (SSSR count). The molecular weight excluding hydrogens is 548 g/mol. The first-order chi connectivity index (χ1) is 19.5. The smallest absolute Gasteiger partial charge is 0.187 e. The lowest BCUT2D eigenvalue weighted by Gasteiger charge is -2.48. The maximum Gasteiger partial charge on any atom is 0.187 e. The molecule has 2 aliphatic heterocycles. The maximum atomic E-state index is 11.2. The van der Waals surface area contributed by atoms with Gasteiger partial charge in [-0.15, -0.1) is 0 Å². The molecule has 2 saturated heterocycles. The largest absolute Gasteiger partial charge is 0.497 e. The minimum Gasteiger partial charge on any atom is -0.497 e. The number of hydrogen-bond donors (Lipinski definition) is 10. The lowest BCUT2D eigenvalue weighted by molar-refractivity contribution is -0.331. The molecule has 234 valence electrons. The Morgan fingerprint density at radius 2 is 1.24 bits per heavy atom. The average Bonchev–Trinajstić information content (AvgIpc) is 2.96. The first kappa shape index (κ1) is 32.2. The number of benzene rings is 1. The zero-order valence-corrected chi connectivity index (χ0v) is 22.5. The lowest BCUT2D eigenvalue weighted by Crippen LogP contribution is -2.68. The number of hydrogen-bond acceptors (Lipinski definition) is 16. The van der Waals surface area contributed by atoms with Gasteiger partial charge in [-0.3, -0.25) is 0 Å². The third kappa shape index (κ3) is 6.92. The Kier molecular flexibility index (Phi) is 10.8. The number of methoxy groups -OCH3 is 1. The molecule has 15 atom stereocenters. The lowest BCUT2D eigenvalue weighted by atomic mass is 9.84. The summed E-state index contributed by atoms with van der Waals surface area (Å²) in [5.74, 6) is 1.10. The predicted octanol–water partition coefficient (Wildman–Crippen LogP) is -5.20. The minimum absolute atomic E-state index is 0.0855. The van der Waals surface area contributed by atoms with E-state index in [-0.39, 0.29) is 19.6 Å². The summed E-state index contributed by atoms with van der Waals surface area (Å²) in [7, 11) is 1.53. The molecule has 0 bridgehead atoms. The van der Waals surface area contributed by atoms with Gasteiger partial charge in [0.25, 0.3) is 0 Å². The van der Waals surface area contributed by atoms with Gasteiger partial charge in [0.15, 0.2) is 12.6 Å². The molecule has 1 aromatic carbocycles. The van der Waals surface area contributed by atoms with E-state index in [1.807, 2.05) is 0 Å². The second kappa shape index (κ2) is 13.7. The van der Waals surface area contributed by atoms with Crippen molar-refractivity contribution in [2.45, 2.75) is 98.2 Å². The molecule has 16 nitrogen and oxygen atoms in total. The van der Waals surface area contributed by atoms with Crippen molar-refractivity contribution < 1.29 is 59.1 Å². The summed E-state index contributed by atoms with van der Waals surface area (Å²) >= 11 is 0. The molecule has 16 heteroatoms. The van der Waals surface area contributed by atoms with Crippen LogP contribution in [-0.4, -0.2) is 143 Å². The van der Waals surface area contributed by atoms with Crippen LogP contribution in [-0.2, 0) is 18.9 Å². The molecule has 0 spiro atoms. The van der Waals surface area contributed by atoms with Crippen LogP contribution in [0.25, 0.3) is 0 Å². The summed E-state index contributed by atoms with van der Waals surface area (Å²) in [6.07, 6.45) is -16.4. The predicted molar refractivity (Wildman–Crippen MR) is 139 cm³/mol. The Balaban J connectivity index is 1.43. The normalized spacial score (nSPS) is 45.3. The second-order valence-electron chi connectivity index (χ2n) is 10.6. The van der Waals surface area contributed by atoms with Crippen LogP contribution in [0.15, 0.2) is 24.3 Å². The van der Waals surface area contributed by atoms with E-state index in [0.29, 0.717) is 11.5 Å². The molecule has 0 aromatic heterocycles. The Morgan fingerprint density at radius 1 is 0.707 bits per heavy atom. The van der Waals surface area contributed by atoms with Crippen LogP contribution in [0.2, 0.25) is 0 Å². The number of aliphatic hydroxyl groups excluding tert-OH is 6. The van der Waals surface area contributed by atoms with Gasteiger partial charge in [-0.25, -0.2) is 0 Å². The van der Waals surface area contributed by atoms with Crippen LogP contribution >= 0.6 is 0 Å². The van der Waals surface area contributed by atoms with Gasteiger partial charge in [-0.2, -0.15) is 0 Å². The Labute approximate surface area is 236 Å². The zero-order valence-electron chi connectivity index (χ0n) is 22.5. The topological polar surface area (TPSA) is 281 Å². The molecule has 1 saturated carbocycles. The number of ether oxygens (including phenoxy) is 6. The van der Waals surface area contributed by atoms with Crippen molar-refractivity contribution in [3.63, 3.8) is 0 Å². The standard InChI is InChI=1S/C25H42N4O12/c1-36-9-2-4-10(5-3-9)37-8-14-16(30)15(29)18(32)24(39-14)40-22-11(27)6-12(28)23(21(22)35)41-25-20(34)19(33)17(31)13(7-26)38-25/h2-5,11-25,30-35H,6-8,26-29H2,1H3/t11-,12?,13?,14?,15?,16?,17?,18?,19?,20?,21?,22?,23?,24?,25?/m0/s1. The Morgan fingerprint density at radius 3 is 1.80 bits per heavy atom. The van der Waals surface area contributed by atoms with Crippen molar-refractivity contribution >= 4 is 0 Å². The molecule has 14 N–H and O–H groups in total. The molecular formula is C25H42N4O12. The summed E-state index contributed by atoms with van der Waals surface area (Å²) in [6, 6.07) is 3.86. The van der Waals surface area contributed by atoms with Gasteiger partial charge in [0.1, 0.15) is 79.1 Å². The molecule has 0 amide bonds. The van der Waals surface area contributed by atoms with Crippen molar-refractivity contribution in [3.05, 3.63) is 24.3 Å². The van der Waals surface area contributed by atoms with Crippen molar-refractivity contribution in [2.24, 2.45) is 22.9 Å². The maximum absolute atomic E-state index is 11.2. The van der Waals surface area contributed by atoms with Gasteiger partial charge < -0.3 is 82.0 Å². The zero-order chi connectivity index (χ0) is 30.0. The Bertz CT molecular complexity index is 963. The van der Waals surface area contributed by atoms with E-state index in [2.05, 4.69) is 0 Å². The quantitative estimate of drug-likeness (QED) is 0.129. The fourth-order valence-corrected chi connectivity index (χ4v) is 5.24. The summed E-state index contributed by atoms with van der Waals surface area (Å²) in [5, 5.41) is 63.1. The summed E-state index contributed by atoms with van der Waals surface area (Å²) in [6.45, 7) is -0.315. The van der Waals surface area contributed by atoms with Crippen LogP contribution < -0.4 is 32.4 Å². The van der Waals surface area contributed by atoms with E-state index >= 15 is 0 Å². The Hall–Kier alpha value is -1.74. The monoisotopic (exact) mass is 590 g/mol. The van der Waals surface area contributed by atoms with Gasteiger partial charge in [-0.05, 0) is 30.7 Å². The van der Waals surface area contributed by atoms with Crippen LogP contribution in [0.4, 0.5) is 0 Å². The molecule has 0 radical (unpaired) electrons. The highest BCUT2D eigenvalue weighted by Gasteiger charge is 2.51. The van der Waals surface area contributed by atoms with Crippen LogP contribution in [0, 0.1) is 0 Å². The summed E-state index contributed by atoms with van der Waals surface area (Å²) in [5.41, 5.74) is 24.1. The van der Waals surface area contributed by atoms with Crippen molar-refractivity contribution in [3.8, 4) is 11.5 Å². The third-order valence-corrected chi connectivity index (χ3v) is 7.78. The highest BCUT2D eigenvalue weighted by atomic mass is 16.7. The van der Waals surface area contributed by atoms with Gasteiger partial charge in [-0.1, -0.05) is 0 Å². The second-order valence-corrected chi connectivity index (χ2v) is 10.6. The van der Waals surface area contributed by atoms with Gasteiger partial charge >= 0.3 is 0 Å². The first-order valence-electron chi connectivity index (χ1n) is 13.4. The highest BCUT2D eigenvalue weighted by molar-refractivity contribution is 5.31. The van der Waals surface area contributed by atoms with Crippen LogP contribution in [0.1, 0.15) is 6.42 Å². The van der Waals surface area contributed by atoms with Crippen molar-refractivity contribution in [2.75, 3.05) is 20.3 Å². The fraction of sp³-hybridized carbons (Fsp3) is 0.760. The van der Waals surface area contributed by atoms with Gasteiger partial charge in [0.05, 0.1) is 13.2 Å². The minimum atomic E-state index is -1.67. The highest BCUT2D eigenvalue weighted by Crippen LogP contribution is 2.31. The van der Waals surface area contributed by atoms with E-state index in [4.69, 9.17) is 51.4 Å². The molecule has 1 aromatic rings. The summed E-state index contributed by atoms with van der Waals surface area (Å²) < 4.78 is 33.8. The fourth-order valence-electron chi connectivity index (χ4n) is 5.24. The molecule has 14 unspecified atom stereocenters. The number of aliphatic hydroxyl groups is 6. The van der Waals surface area contributed by atoms with Crippen molar-refractivity contribution in [1.82, 2.24) is 0 Å². The number of nitrogens with two attached hydrogens (primary N) is 4. The molecule has 3 fully saturated rings. The first-order valence-corrected chi connectivity index (χ1v) is 13.4. The SMILES string of the molecule is COc1ccc(OCC2OC(OC3C(O)C(OC4OC(CN)C(O)C(O)C4O)C(N)C[C@@H]3N)C(O)C(N)C2O)cc1. The molecule has 3 aliphatic rings. The van der Waals surface area contributed by atoms with Gasteiger partial charge in [0.2, 0.25) is 0 Å².